The fourth-order valence-electron chi connectivity index (χ4n) is 3.68. The Balaban J connectivity index is 2.04. The number of ether oxygens (including phenoxy) is 1. The van der Waals surface area contributed by atoms with E-state index < -0.39 is 0 Å². The van der Waals surface area contributed by atoms with E-state index in [9.17, 15) is 5.26 Å². The third-order valence-electron chi connectivity index (χ3n) is 4.46. The van der Waals surface area contributed by atoms with Gasteiger partial charge in [-0.15, -0.1) is 0 Å². The van der Waals surface area contributed by atoms with Crippen molar-refractivity contribution in [3.05, 3.63) is 0 Å². The summed E-state index contributed by atoms with van der Waals surface area (Å²) >= 11 is 0. The Morgan fingerprint density at radius 3 is 2.72 bits per heavy atom. The molecule has 1 heterocycles. The maximum absolute atomic E-state index is 9.71. The molecule has 2 fully saturated rings. The fourth-order valence-corrected chi connectivity index (χ4v) is 3.68. The summed E-state index contributed by atoms with van der Waals surface area (Å²) in [5.74, 6) is 1.48. The molecule has 0 aromatic rings. The molecule has 2 rings (SSSR count). The van der Waals surface area contributed by atoms with E-state index in [0.29, 0.717) is 0 Å². The Morgan fingerprint density at radius 1 is 1.39 bits per heavy atom. The molecule has 1 aliphatic heterocycles. The fraction of sp³-hybridized carbons (Fsp3) is 0.933. The third-order valence-corrected chi connectivity index (χ3v) is 4.46. The second kappa shape index (κ2) is 6.04. The number of morpholine rings is 1. The molecule has 18 heavy (non-hydrogen) atoms. The molecule has 0 aromatic heterocycles. The van der Waals surface area contributed by atoms with Gasteiger partial charge in [-0.2, -0.15) is 5.26 Å². The molecule has 0 radical (unpaired) electrons. The van der Waals surface area contributed by atoms with Gasteiger partial charge in [-0.1, -0.05) is 26.7 Å². The van der Waals surface area contributed by atoms with Gasteiger partial charge in [0.05, 0.1) is 19.3 Å². The molecule has 1 saturated carbocycles. The third kappa shape index (κ3) is 3.05. The van der Waals surface area contributed by atoms with Crippen molar-refractivity contribution in [2.45, 2.75) is 51.5 Å². The summed E-state index contributed by atoms with van der Waals surface area (Å²) in [6.45, 7) is 8.02. The smallest absolute Gasteiger partial charge is 0.109 e. The molecular formula is C15H26N2O. The highest BCUT2D eigenvalue weighted by Crippen LogP contribution is 2.39. The van der Waals surface area contributed by atoms with Gasteiger partial charge in [-0.3, -0.25) is 4.90 Å². The topological polar surface area (TPSA) is 36.3 Å². The highest BCUT2D eigenvalue weighted by Gasteiger charge is 2.42. The van der Waals surface area contributed by atoms with Crippen LogP contribution in [0, 0.1) is 23.2 Å². The number of rotatable bonds is 3. The lowest BCUT2D eigenvalue weighted by molar-refractivity contribution is -0.0237. The Morgan fingerprint density at radius 2 is 2.11 bits per heavy atom. The number of nitrogens with zero attached hydrogens (tertiary/aromatic N) is 2. The zero-order valence-corrected chi connectivity index (χ0v) is 11.8. The van der Waals surface area contributed by atoms with E-state index in [0.717, 1.165) is 51.0 Å². The monoisotopic (exact) mass is 250 g/mol. The van der Waals surface area contributed by atoms with Gasteiger partial charge in [-0.05, 0) is 31.1 Å². The average molecular weight is 250 g/mol. The van der Waals surface area contributed by atoms with Gasteiger partial charge in [0.25, 0.3) is 0 Å². The van der Waals surface area contributed by atoms with E-state index in [-0.39, 0.29) is 5.54 Å². The van der Waals surface area contributed by atoms with Crippen molar-refractivity contribution in [2.24, 2.45) is 11.8 Å². The Bertz CT molecular complexity index is 304. The second-order valence-electron chi connectivity index (χ2n) is 6.33. The van der Waals surface area contributed by atoms with Crippen molar-refractivity contribution in [1.29, 1.82) is 5.26 Å². The SMILES string of the molecule is CC(C)CC1CCCC(C#N)(N2CCOCC2)C1. The molecule has 0 spiro atoms. The van der Waals surface area contributed by atoms with E-state index in [1.54, 1.807) is 0 Å². The van der Waals surface area contributed by atoms with Gasteiger partial charge in [0.1, 0.15) is 5.54 Å². The quantitative estimate of drug-likeness (QED) is 0.773. The molecule has 0 amide bonds. The highest BCUT2D eigenvalue weighted by atomic mass is 16.5. The van der Waals surface area contributed by atoms with Crippen LogP contribution in [-0.4, -0.2) is 36.7 Å². The molecular weight excluding hydrogens is 224 g/mol. The molecule has 102 valence electrons. The standard InChI is InChI=1S/C15H26N2O/c1-13(2)10-14-4-3-5-15(11-14,12-16)17-6-8-18-9-7-17/h13-14H,3-11H2,1-2H3. The van der Waals surface area contributed by atoms with Gasteiger partial charge < -0.3 is 4.74 Å². The summed E-state index contributed by atoms with van der Waals surface area (Å²) in [7, 11) is 0. The minimum Gasteiger partial charge on any atom is -0.379 e. The van der Waals surface area contributed by atoms with Crippen molar-refractivity contribution in [1.82, 2.24) is 4.90 Å². The average Bonchev–Trinajstić information content (AvgIpc) is 2.39. The van der Waals surface area contributed by atoms with Crippen LogP contribution < -0.4 is 0 Å². The lowest BCUT2D eigenvalue weighted by Crippen LogP contribution is -2.54. The van der Waals surface area contributed by atoms with Gasteiger partial charge in [0.2, 0.25) is 0 Å². The maximum Gasteiger partial charge on any atom is 0.109 e. The van der Waals surface area contributed by atoms with Crippen molar-refractivity contribution >= 4 is 0 Å². The Hall–Kier alpha value is -0.590. The van der Waals surface area contributed by atoms with Gasteiger partial charge in [0.15, 0.2) is 0 Å². The minimum absolute atomic E-state index is 0.193. The minimum atomic E-state index is -0.193. The van der Waals surface area contributed by atoms with Crippen molar-refractivity contribution in [3.8, 4) is 6.07 Å². The van der Waals surface area contributed by atoms with Gasteiger partial charge in [0, 0.05) is 13.1 Å². The van der Waals surface area contributed by atoms with Crippen molar-refractivity contribution in [3.63, 3.8) is 0 Å². The zero-order valence-electron chi connectivity index (χ0n) is 11.8. The van der Waals surface area contributed by atoms with Crippen LogP contribution in [0.1, 0.15) is 46.0 Å². The van der Waals surface area contributed by atoms with Crippen LogP contribution in [0.3, 0.4) is 0 Å². The zero-order chi connectivity index (χ0) is 13.0. The van der Waals surface area contributed by atoms with Crippen molar-refractivity contribution in [2.75, 3.05) is 26.3 Å². The first-order chi connectivity index (χ1) is 8.66. The predicted octanol–water partition coefficient (Wildman–Crippen LogP) is 2.82. The second-order valence-corrected chi connectivity index (χ2v) is 6.33. The molecule has 0 aromatic carbocycles. The molecule has 3 nitrogen and oxygen atoms in total. The van der Waals surface area contributed by atoms with E-state index in [2.05, 4.69) is 24.8 Å². The highest BCUT2D eigenvalue weighted by molar-refractivity contribution is 5.11. The number of hydrogen-bond donors (Lipinski definition) is 0. The lowest BCUT2D eigenvalue weighted by Gasteiger charge is -2.45. The Labute approximate surface area is 111 Å². The Kier molecular flexibility index (Phi) is 4.64. The predicted molar refractivity (Wildman–Crippen MR) is 72.1 cm³/mol. The van der Waals surface area contributed by atoms with Crippen LogP contribution in [0.5, 0.6) is 0 Å². The van der Waals surface area contributed by atoms with Crippen molar-refractivity contribution < 1.29 is 4.74 Å². The molecule has 2 aliphatic rings. The normalized spacial score (nSPS) is 34.4. The number of hydrogen-bond acceptors (Lipinski definition) is 3. The maximum atomic E-state index is 9.71. The first-order valence-corrected chi connectivity index (χ1v) is 7.40. The first kappa shape index (κ1) is 13.8. The summed E-state index contributed by atoms with van der Waals surface area (Å²) in [5.41, 5.74) is -0.193. The number of nitriles is 1. The van der Waals surface area contributed by atoms with Gasteiger partial charge >= 0.3 is 0 Å². The molecule has 3 heteroatoms. The summed E-state index contributed by atoms with van der Waals surface area (Å²) in [6.07, 6.45) is 5.92. The van der Waals surface area contributed by atoms with E-state index >= 15 is 0 Å². The van der Waals surface area contributed by atoms with Gasteiger partial charge in [-0.25, -0.2) is 0 Å². The van der Waals surface area contributed by atoms with Crippen LogP contribution in [0.25, 0.3) is 0 Å². The molecule has 1 saturated heterocycles. The van der Waals surface area contributed by atoms with Crippen LogP contribution in [-0.2, 0) is 4.74 Å². The molecule has 2 atom stereocenters. The molecule has 1 aliphatic carbocycles. The lowest BCUT2D eigenvalue weighted by atomic mass is 9.73. The van der Waals surface area contributed by atoms with Crippen LogP contribution in [0.15, 0.2) is 0 Å². The molecule has 0 N–H and O–H groups in total. The molecule has 0 bridgehead atoms. The summed E-state index contributed by atoms with van der Waals surface area (Å²) in [4.78, 5) is 2.39. The largest absolute Gasteiger partial charge is 0.379 e. The van der Waals surface area contributed by atoms with E-state index in [1.165, 1.54) is 19.3 Å². The van der Waals surface area contributed by atoms with Crippen LogP contribution in [0.4, 0.5) is 0 Å². The molecule has 2 unspecified atom stereocenters. The van der Waals surface area contributed by atoms with Crippen LogP contribution >= 0.6 is 0 Å². The summed E-state index contributed by atoms with van der Waals surface area (Å²) in [6, 6.07) is 2.66. The summed E-state index contributed by atoms with van der Waals surface area (Å²) < 4.78 is 5.42. The van der Waals surface area contributed by atoms with E-state index in [1.807, 2.05) is 0 Å². The van der Waals surface area contributed by atoms with Crippen LogP contribution in [0.2, 0.25) is 0 Å². The van der Waals surface area contributed by atoms with E-state index in [4.69, 9.17) is 4.74 Å². The summed E-state index contributed by atoms with van der Waals surface area (Å²) in [5, 5.41) is 9.71. The first-order valence-electron chi connectivity index (χ1n) is 7.40.